The summed E-state index contributed by atoms with van der Waals surface area (Å²) >= 11 is 0. The van der Waals surface area contributed by atoms with Crippen LogP contribution in [0.5, 0.6) is 0 Å². The second kappa shape index (κ2) is 7.07. The van der Waals surface area contributed by atoms with Crippen LogP contribution in [0.2, 0.25) is 0 Å². The van der Waals surface area contributed by atoms with E-state index in [1.54, 1.807) is 6.20 Å². The van der Waals surface area contributed by atoms with Crippen molar-refractivity contribution >= 4 is 17.4 Å². The zero-order valence-corrected chi connectivity index (χ0v) is 12.7. The van der Waals surface area contributed by atoms with E-state index in [2.05, 4.69) is 15.2 Å². The lowest BCUT2D eigenvalue weighted by atomic mass is 10.1. The smallest absolute Gasteiger partial charge is 0.228 e. The van der Waals surface area contributed by atoms with Crippen molar-refractivity contribution in [3.05, 3.63) is 54.2 Å². The molecule has 0 saturated carbocycles. The number of hydrogen-bond donors (Lipinski definition) is 1. The van der Waals surface area contributed by atoms with E-state index >= 15 is 0 Å². The summed E-state index contributed by atoms with van der Waals surface area (Å²) in [4.78, 5) is 18.8. The first-order chi connectivity index (χ1) is 10.8. The quantitative estimate of drug-likeness (QED) is 0.941. The number of amides is 1. The number of anilines is 2. The van der Waals surface area contributed by atoms with Crippen molar-refractivity contribution in [2.24, 2.45) is 0 Å². The van der Waals surface area contributed by atoms with Gasteiger partial charge in [0, 0.05) is 13.1 Å². The zero-order chi connectivity index (χ0) is 15.2. The van der Waals surface area contributed by atoms with Gasteiger partial charge in [0.2, 0.25) is 5.91 Å². The molecule has 0 spiro atoms. The maximum absolute atomic E-state index is 12.0. The lowest BCUT2D eigenvalue weighted by molar-refractivity contribution is -0.115. The monoisotopic (exact) mass is 295 g/mol. The molecule has 0 bridgehead atoms. The first-order valence-electron chi connectivity index (χ1n) is 7.86. The fraction of sp³-hybridized carbons (Fsp3) is 0.333. The molecule has 1 saturated heterocycles. The highest BCUT2D eigenvalue weighted by Crippen LogP contribution is 2.19. The second-order valence-electron chi connectivity index (χ2n) is 5.66. The van der Waals surface area contributed by atoms with Crippen molar-refractivity contribution in [2.45, 2.75) is 25.7 Å². The van der Waals surface area contributed by atoms with Gasteiger partial charge in [-0.25, -0.2) is 4.98 Å². The SMILES string of the molecule is O=C(Cc1ccccc1)Nc1ccc(N2CCCCC2)nc1. The van der Waals surface area contributed by atoms with Crippen LogP contribution in [-0.4, -0.2) is 24.0 Å². The molecule has 1 aliphatic heterocycles. The Balaban J connectivity index is 1.57. The number of hydrogen-bond acceptors (Lipinski definition) is 3. The van der Waals surface area contributed by atoms with Gasteiger partial charge in [0.1, 0.15) is 5.82 Å². The molecule has 4 heteroatoms. The maximum atomic E-state index is 12.0. The Labute approximate surface area is 131 Å². The van der Waals surface area contributed by atoms with E-state index in [1.807, 2.05) is 42.5 Å². The van der Waals surface area contributed by atoms with Crippen LogP contribution in [0.25, 0.3) is 0 Å². The summed E-state index contributed by atoms with van der Waals surface area (Å²) in [6, 6.07) is 13.7. The number of carbonyl (C=O) groups is 1. The highest BCUT2D eigenvalue weighted by Gasteiger charge is 2.12. The number of pyridine rings is 1. The van der Waals surface area contributed by atoms with Crippen LogP contribution in [0.15, 0.2) is 48.7 Å². The molecule has 1 amide bonds. The predicted molar refractivity (Wildman–Crippen MR) is 89.1 cm³/mol. The number of aromatic nitrogens is 1. The summed E-state index contributed by atoms with van der Waals surface area (Å²) < 4.78 is 0. The largest absolute Gasteiger partial charge is 0.357 e. The summed E-state index contributed by atoms with van der Waals surface area (Å²) in [6.45, 7) is 2.15. The molecular formula is C18H21N3O. The van der Waals surface area contributed by atoms with Crippen molar-refractivity contribution in [1.29, 1.82) is 0 Å². The number of benzene rings is 1. The summed E-state index contributed by atoms with van der Waals surface area (Å²) in [6.07, 6.45) is 5.90. The van der Waals surface area contributed by atoms with Crippen LogP contribution < -0.4 is 10.2 Å². The van der Waals surface area contributed by atoms with Gasteiger partial charge in [-0.2, -0.15) is 0 Å². The van der Waals surface area contributed by atoms with Crippen molar-refractivity contribution in [3.8, 4) is 0 Å². The van der Waals surface area contributed by atoms with Gasteiger partial charge in [0.05, 0.1) is 18.3 Å². The third kappa shape index (κ3) is 3.85. The normalized spacial score (nSPS) is 14.6. The molecule has 0 unspecified atom stereocenters. The molecule has 0 atom stereocenters. The Morgan fingerprint density at radius 2 is 1.82 bits per heavy atom. The van der Waals surface area contributed by atoms with Crippen molar-refractivity contribution in [3.63, 3.8) is 0 Å². The fourth-order valence-electron chi connectivity index (χ4n) is 2.76. The molecule has 1 aromatic heterocycles. The third-order valence-corrected chi connectivity index (χ3v) is 3.92. The van der Waals surface area contributed by atoms with E-state index in [0.29, 0.717) is 6.42 Å². The highest BCUT2D eigenvalue weighted by molar-refractivity contribution is 5.92. The van der Waals surface area contributed by atoms with Crippen molar-refractivity contribution in [2.75, 3.05) is 23.3 Å². The van der Waals surface area contributed by atoms with E-state index in [9.17, 15) is 4.79 Å². The molecule has 1 fully saturated rings. The Bertz CT molecular complexity index is 604. The van der Waals surface area contributed by atoms with Crippen molar-refractivity contribution in [1.82, 2.24) is 4.98 Å². The number of carbonyl (C=O) groups excluding carboxylic acids is 1. The van der Waals surface area contributed by atoms with E-state index in [1.165, 1.54) is 19.3 Å². The molecule has 1 aromatic carbocycles. The molecule has 0 radical (unpaired) electrons. The van der Waals surface area contributed by atoms with Gasteiger partial charge in [0.25, 0.3) is 0 Å². The van der Waals surface area contributed by atoms with Gasteiger partial charge in [-0.05, 0) is 37.0 Å². The maximum Gasteiger partial charge on any atom is 0.228 e. The average Bonchev–Trinajstić information content (AvgIpc) is 2.57. The Morgan fingerprint density at radius 1 is 1.05 bits per heavy atom. The third-order valence-electron chi connectivity index (χ3n) is 3.92. The summed E-state index contributed by atoms with van der Waals surface area (Å²) in [5.74, 6) is 0.986. The minimum Gasteiger partial charge on any atom is -0.357 e. The number of nitrogens with zero attached hydrogens (tertiary/aromatic N) is 2. The second-order valence-corrected chi connectivity index (χ2v) is 5.66. The van der Waals surface area contributed by atoms with Gasteiger partial charge in [0.15, 0.2) is 0 Å². The molecule has 22 heavy (non-hydrogen) atoms. The molecule has 1 N–H and O–H groups in total. The standard InChI is InChI=1S/C18H21N3O/c22-18(13-15-7-3-1-4-8-15)20-16-9-10-17(19-14-16)21-11-5-2-6-12-21/h1,3-4,7-10,14H,2,5-6,11-13H2,(H,20,22). The van der Waals surface area contributed by atoms with Crippen LogP contribution >= 0.6 is 0 Å². The molecule has 3 rings (SSSR count). The molecule has 1 aliphatic rings. The number of piperidine rings is 1. The lowest BCUT2D eigenvalue weighted by Crippen LogP contribution is -2.30. The van der Waals surface area contributed by atoms with Gasteiger partial charge in [-0.3, -0.25) is 4.79 Å². The minimum atomic E-state index is -0.0151. The minimum absolute atomic E-state index is 0.0151. The fourth-order valence-corrected chi connectivity index (χ4v) is 2.76. The Kier molecular flexibility index (Phi) is 4.68. The molecule has 114 valence electrons. The van der Waals surface area contributed by atoms with Crippen molar-refractivity contribution < 1.29 is 4.79 Å². The molecular weight excluding hydrogens is 274 g/mol. The Morgan fingerprint density at radius 3 is 2.50 bits per heavy atom. The van der Waals surface area contributed by atoms with Crippen LogP contribution in [0, 0.1) is 0 Å². The molecule has 2 aromatic rings. The molecule has 2 heterocycles. The molecule has 4 nitrogen and oxygen atoms in total. The summed E-state index contributed by atoms with van der Waals surface area (Å²) in [5, 5.41) is 2.90. The average molecular weight is 295 g/mol. The number of nitrogens with one attached hydrogen (secondary N) is 1. The van der Waals surface area contributed by atoms with Crippen LogP contribution in [0.1, 0.15) is 24.8 Å². The van der Waals surface area contributed by atoms with Crippen LogP contribution in [-0.2, 0) is 11.2 Å². The lowest BCUT2D eigenvalue weighted by Gasteiger charge is -2.27. The van der Waals surface area contributed by atoms with E-state index in [4.69, 9.17) is 0 Å². The van der Waals surface area contributed by atoms with Gasteiger partial charge in [-0.1, -0.05) is 30.3 Å². The summed E-state index contributed by atoms with van der Waals surface area (Å²) in [5.41, 5.74) is 1.76. The molecule has 0 aliphatic carbocycles. The van der Waals surface area contributed by atoms with Gasteiger partial charge in [-0.15, -0.1) is 0 Å². The first-order valence-corrected chi connectivity index (χ1v) is 7.86. The Hall–Kier alpha value is -2.36. The zero-order valence-electron chi connectivity index (χ0n) is 12.7. The summed E-state index contributed by atoms with van der Waals surface area (Å²) in [7, 11) is 0. The van der Waals surface area contributed by atoms with E-state index in [0.717, 1.165) is 30.2 Å². The predicted octanol–water partition coefficient (Wildman–Crippen LogP) is 3.25. The topological polar surface area (TPSA) is 45.2 Å². The number of rotatable bonds is 4. The van der Waals surface area contributed by atoms with E-state index < -0.39 is 0 Å². The van der Waals surface area contributed by atoms with E-state index in [-0.39, 0.29) is 5.91 Å². The first kappa shape index (κ1) is 14.6. The van der Waals surface area contributed by atoms with Crippen LogP contribution in [0.3, 0.4) is 0 Å². The van der Waals surface area contributed by atoms with Crippen LogP contribution in [0.4, 0.5) is 11.5 Å². The van der Waals surface area contributed by atoms with Gasteiger partial charge < -0.3 is 10.2 Å². The van der Waals surface area contributed by atoms with Gasteiger partial charge >= 0.3 is 0 Å². The highest BCUT2D eigenvalue weighted by atomic mass is 16.1.